The number of fused-ring (bicyclic) bond motifs is 1. The molecule has 0 aliphatic carbocycles. The number of benzene rings is 3. The van der Waals surface area contributed by atoms with Gasteiger partial charge in [0.2, 0.25) is 0 Å². The molecule has 154 valence electrons. The second kappa shape index (κ2) is 8.92. The van der Waals surface area contributed by atoms with Crippen LogP contribution in [0.4, 0.5) is 5.69 Å². The summed E-state index contributed by atoms with van der Waals surface area (Å²) in [6.07, 6.45) is 0.811. The van der Waals surface area contributed by atoms with Gasteiger partial charge >= 0.3 is 0 Å². The molecule has 3 aromatic carbocycles. The monoisotopic (exact) mass is 464 g/mol. The van der Waals surface area contributed by atoms with Crippen molar-refractivity contribution >= 4 is 27.5 Å². The molecule has 30 heavy (non-hydrogen) atoms. The van der Waals surface area contributed by atoms with Crippen LogP contribution in [0.15, 0.2) is 71.2 Å². The molecule has 4 nitrogen and oxygen atoms in total. The summed E-state index contributed by atoms with van der Waals surface area (Å²) in [7, 11) is 0. The number of carbonyl (C=O) groups excluding carboxylic acids is 1. The van der Waals surface area contributed by atoms with Crippen LogP contribution < -0.4 is 4.90 Å². The molecule has 0 atom stereocenters. The van der Waals surface area contributed by atoms with Gasteiger partial charge in [-0.1, -0.05) is 40.2 Å². The van der Waals surface area contributed by atoms with Gasteiger partial charge in [-0.15, -0.1) is 0 Å². The topological polar surface area (TPSA) is 43.8 Å². The summed E-state index contributed by atoms with van der Waals surface area (Å²) >= 11 is 3.54. The van der Waals surface area contributed by atoms with E-state index in [1.165, 1.54) is 11.1 Å². The highest BCUT2D eigenvalue weighted by Crippen LogP contribution is 2.26. The van der Waals surface area contributed by atoms with E-state index in [9.17, 15) is 9.90 Å². The fourth-order valence-corrected chi connectivity index (χ4v) is 4.42. The Morgan fingerprint density at radius 1 is 1.07 bits per heavy atom. The molecule has 1 aliphatic rings. The van der Waals surface area contributed by atoms with Crippen LogP contribution in [0.25, 0.3) is 0 Å². The van der Waals surface area contributed by atoms with E-state index in [1.54, 1.807) is 12.1 Å². The van der Waals surface area contributed by atoms with E-state index in [-0.39, 0.29) is 11.7 Å². The molecule has 0 saturated heterocycles. The number of hydrogen-bond acceptors (Lipinski definition) is 3. The third-order valence-corrected chi connectivity index (χ3v) is 6.09. The highest BCUT2D eigenvalue weighted by Gasteiger charge is 2.22. The summed E-state index contributed by atoms with van der Waals surface area (Å²) < 4.78 is 1.07. The average molecular weight is 465 g/mol. The summed E-state index contributed by atoms with van der Waals surface area (Å²) in [6, 6.07) is 21.6. The largest absolute Gasteiger partial charge is 0.508 e. The number of hydrogen-bond donors (Lipinski definition) is 1. The molecule has 0 unspecified atom stereocenters. The zero-order valence-corrected chi connectivity index (χ0v) is 18.6. The Hall–Kier alpha value is -2.79. The maximum Gasteiger partial charge on any atom is 0.254 e. The minimum atomic E-state index is 0.0318. The maximum atomic E-state index is 13.2. The zero-order chi connectivity index (χ0) is 21.1. The maximum absolute atomic E-state index is 13.2. The van der Waals surface area contributed by atoms with Gasteiger partial charge in [0.25, 0.3) is 5.91 Å². The lowest BCUT2D eigenvalue weighted by Crippen LogP contribution is -2.36. The van der Waals surface area contributed by atoms with Gasteiger partial charge in [-0.3, -0.25) is 4.79 Å². The highest BCUT2D eigenvalue weighted by atomic mass is 79.9. The molecular weight excluding hydrogens is 440 g/mol. The van der Waals surface area contributed by atoms with E-state index < -0.39 is 0 Å². The van der Waals surface area contributed by atoms with Crippen LogP contribution in [0, 0.1) is 0 Å². The number of phenolic OH excluding ortho intramolecular Hbond substituents is 1. The molecule has 0 saturated carbocycles. The van der Waals surface area contributed by atoms with Gasteiger partial charge in [-0.2, -0.15) is 0 Å². The van der Waals surface area contributed by atoms with Crippen LogP contribution in [0.3, 0.4) is 0 Å². The Balaban J connectivity index is 1.53. The SMILES string of the molecule is CCN(Cc1cccc(Br)c1)c1cccc(C(=O)N2CCc3ccc(O)cc3C2)c1. The highest BCUT2D eigenvalue weighted by molar-refractivity contribution is 9.10. The second-order valence-corrected chi connectivity index (χ2v) is 8.54. The van der Waals surface area contributed by atoms with Crippen LogP contribution in [-0.2, 0) is 19.5 Å². The summed E-state index contributed by atoms with van der Waals surface area (Å²) in [5.41, 5.74) is 5.19. The van der Waals surface area contributed by atoms with Crippen LogP contribution in [0.2, 0.25) is 0 Å². The first-order valence-corrected chi connectivity index (χ1v) is 11.0. The number of rotatable bonds is 5. The van der Waals surface area contributed by atoms with E-state index in [2.05, 4.69) is 46.0 Å². The summed E-state index contributed by atoms with van der Waals surface area (Å²) in [5.74, 6) is 0.278. The lowest BCUT2D eigenvalue weighted by atomic mass is 9.98. The smallest absolute Gasteiger partial charge is 0.254 e. The van der Waals surface area contributed by atoms with Crippen molar-refractivity contribution in [3.05, 3.63) is 93.5 Å². The molecule has 3 aromatic rings. The van der Waals surface area contributed by atoms with Gasteiger partial charge in [0, 0.05) is 41.9 Å². The van der Waals surface area contributed by atoms with Crippen LogP contribution >= 0.6 is 15.9 Å². The Labute approximate surface area is 185 Å². The van der Waals surface area contributed by atoms with Crippen LogP contribution in [-0.4, -0.2) is 29.0 Å². The van der Waals surface area contributed by atoms with E-state index in [0.29, 0.717) is 18.7 Å². The van der Waals surface area contributed by atoms with Crippen LogP contribution in [0.5, 0.6) is 5.75 Å². The Bertz CT molecular complexity index is 1070. The first-order valence-electron chi connectivity index (χ1n) is 10.2. The molecular formula is C25H25BrN2O2. The minimum Gasteiger partial charge on any atom is -0.508 e. The van der Waals surface area contributed by atoms with E-state index in [1.807, 2.05) is 41.3 Å². The predicted octanol–water partition coefficient (Wildman–Crippen LogP) is 5.38. The number of nitrogens with zero attached hydrogens (tertiary/aromatic N) is 2. The van der Waals surface area contributed by atoms with Crippen molar-refractivity contribution in [3.8, 4) is 5.75 Å². The zero-order valence-electron chi connectivity index (χ0n) is 17.0. The molecule has 1 heterocycles. The van der Waals surface area contributed by atoms with Gasteiger partial charge in [0.1, 0.15) is 5.75 Å². The molecule has 1 amide bonds. The molecule has 0 spiro atoms. The van der Waals surface area contributed by atoms with Crippen molar-refractivity contribution in [1.29, 1.82) is 0 Å². The van der Waals surface area contributed by atoms with Crippen molar-refractivity contribution in [2.45, 2.75) is 26.4 Å². The second-order valence-electron chi connectivity index (χ2n) is 7.62. The number of amides is 1. The lowest BCUT2D eigenvalue weighted by Gasteiger charge is -2.29. The first kappa shape index (κ1) is 20.5. The number of phenols is 1. The van der Waals surface area contributed by atoms with E-state index in [4.69, 9.17) is 0 Å². The number of aromatic hydroxyl groups is 1. The van der Waals surface area contributed by atoms with Gasteiger partial charge in [-0.25, -0.2) is 0 Å². The first-order chi connectivity index (χ1) is 14.5. The van der Waals surface area contributed by atoms with E-state index in [0.717, 1.165) is 35.2 Å². The van der Waals surface area contributed by atoms with Gasteiger partial charge in [0.05, 0.1) is 0 Å². The Morgan fingerprint density at radius 3 is 2.70 bits per heavy atom. The molecule has 0 aromatic heterocycles. The normalized spacial score (nSPS) is 13.1. The number of halogens is 1. The van der Waals surface area contributed by atoms with Crippen LogP contribution in [0.1, 0.15) is 34.0 Å². The van der Waals surface area contributed by atoms with Crippen molar-refractivity contribution in [3.63, 3.8) is 0 Å². The lowest BCUT2D eigenvalue weighted by molar-refractivity contribution is 0.0734. The van der Waals surface area contributed by atoms with Gasteiger partial charge in [-0.05, 0) is 72.5 Å². The third-order valence-electron chi connectivity index (χ3n) is 5.59. The molecule has 5 heteroatoms. The molecule has 1 N–H and O–H groups in total. The van der Waals surface area contributed by atoms with Crippen molar-refractivity contribution in [1.82, 2.24) is 4.90 Å². The fraction of sp³-hybridized carbons (Fsp3) is 0.240. The van der Waals surface area contributed by atoms with Crippen molar-refractivity contribution in [2.75, 3.05) is 18.0 Å². The standard InChI is InChI=1S/C25H25BrN2O2/c1-2-27(16-18-5-3-7-22(26)13-18)23-8-4-6-20(14-23)25(30)28-12-11-19-9-10-24(29)15-21(19)17-28/h3-10,13-15,29H,2,11-12,16-17H2,1H3. The van der Waals surface area contributed by atoms with E-state index >= 15 is 0 Å². The fourth-order valence-electron chi connectivity index (χ4n) is 3.98. The average Bonchev–Trinajstić information content (AvgIpc) is 2.76. The quantitative estimate of drug-likeness (QED) is 0.550. The number of anilines is 1. The third kappa shape index (κ3) is 4.51. The molecule has 0 fully saturated rings. The Morgan fingerprint density at radius 2 is 1.90 bits per heavy atom. The van der Waals surface area contributed by atoms with Crippen molar-refractivity contribution in [2.24, 2.45) is 0 Å². The molecule has 4 rings (SSSR count). The predicted molar refractivity (Wildman–Crippen MR) is 124 cm³/mol. The molecule has 1 aliphatic heterocycles. The van der Waals surface area contributed by atoms with Crippen molar-refractivity contribution < 1.29 is 9.90 Å². The van der Waals surface area contributed by atoms with Gasteiger partial charge < -0.3 is 14.9 Å². The molecule has 0 radical (unpaired) electrons. The van der Waals surface area contributed by atoms with Gasteiger partial charge in [0.15, 0.2) is 0 Å². The Kier molecular flexibility index (Phi) is 6.09. The number of carbonyl (C=O) groups is 1. The summed E-state index contributed by atoms with van der Waals surface area (Å²) in [5, 5.41) is 9.78. The molecule has 0 bridgehead atoms. The summed E-state index contributed by atoms with van der Waals surface area (Å²) in [6.45, 7) is 4.98. The minimum absolute atomic E-state index is 0.0318. The summed E-state index contributed by atoms with van der Waals surface area (Å²) in [4.78, 5) is 17.3.